The Morgan fingerprint density at radius 3 is 2.35 bits per heavy atom. The van der Waals surface area contributed by atoms with Gasteiger partial charge >= 0.3 is 12.0 Å². The third-order valence-electron chi connectivity index (χ3n) is 3.44. The van der Waals surface area contributed by atoms with E-state index in [9.17, 15) is 9.59 Å². The standard InChI is InChI=1S/C15H20N2O3/c18-14(19)13-5-3-12(4-6-13)8-10-17-15(20)16-9-7-11-1-2-11/h3-6,11H,1-2,7-10H2,(H,18,19)(H2,16,17,20). The van der Waals surface area contributed by atoms with Crippen molar-refractivity contribution in [2.75, 3.05) is 13.1 Å². The van der Waals surface area contributed by atoms with Crippen LogP contribution in [0.25, 0.3) is 0 Å². The maximum Gasteiger partial charge on any atom is 0.335 e. The number of carbonyl (C=O) groups is 2. The summed E-state index contributed by atoms with van der Waals surface area (Å²) in [6.07, 6.45) is 4.37. The lowest BCUT2D eigenvalue weighted by Gasteiger charge is -2.07. The van der Waals surface area contributed by atoms with Crippen molar-refractivity contribution >= 4 is 12.0 Å². The highest BCUT2D eigenvalue weighted by atomic mass is 16.4. The molecule has 1 aromatic rings. The Bertz CT molecular complexity index is 467. The van der Waals surface area contributed by atoms with Crippen molar-refractivity contribution in [2.24, 2.45) is 5.92 Å². The molecule has 0 aromatic heterocycles. The van der Waals surface area contributed by atoms with E-state index in [1.807, 2.05) is 0 Å². The van der Waals surface area contributed by atoms with Crippen LogP contribution in [0.4, 0.5) is 4.79 Å². The van der Waals surface area contributed by atoms with Crippen molar-refractivity contribution in [1.82, 2.24) is 10.6 Å². The van der Waals surface area contributed by atoms with Gasteiger partial charge in [0.25, 0.3) is 0 Å². The average Bonchev–Trinajstić information content (AvgIpc) is 3.23. The zero-order chi connectivity index (χ0) is 14.4. The zero-order valence-corrected chi connectivity index (χ0v) is 11.4. The Balaban J connectivity index is 1.61. The highest BCUT2D eigenvalue weighted by Gasteiger charge is 2.20. The Morgan fingerprint density at radius 1 is 1.10 bits per heavy atom. The molecule has 0 radical (unpaired) electrons. The molecule has 108 valence electrons. The second-order valence-electron chi connectivity index (χ2n) is 5.17. The van der Waals surface area contributed by atoms with Gasteiger partial charge in [0.15, 0.2) is 0 Å². The molecule has 3 N–H and O–H groups in total. The molecule has 1 fully saturated rings. The molecule has 1 saturated carbocycles. The smallest absolute Gasteiger partial charge is 0.335 e. The fourth-order valence-electron chi connectivity index (χ4n) is 1.99. The molecular formula is C15H20N2O3. The number of carboxylic acids is 1. The third kappa shape index (κ3) is 4.91. The first kappa shape index (κ1) is 14.4. The Kier molecular flexibility index (Phi) is 4.98. The molecule has 2 rings (SSSR count). The molecule has 0 saturated heterocycles. The number of carbonyl (C=O) groups excluding carboxylic acids is 1. The number of aromatic carboxylic acids is 1. The minimum atomic E-state index is -0.926. The zero-order valence-electron chi connectivity index (χ0n) is 11.4. The van der Waals surface area contributed by atoms with E-state index >= 15 is 0 Å². The van der Waals surface area contributed by atoms with Gasteiger partial charge in [0.2, 0.25) is 0 Å². The number of nitrogens with one attached hydrogen (secondary N) is 2. The molecule has 0 atom stereocenters. The summed E-state index contributed by atoms with van der Waals surface area (Å²) in [6.45, 7) is 1.28. The van der Waals surface area contributed by atoms with Crippen molar-refractivity contribution in [3.63, 3.8) is 0 Å². The second kappa shape index (κ2) is 6.93. The summed E-state index contributed by atoms with van der Waals surface area (Å²) in [5.41, 5.74) is 1.29. The largest absolute Gasteiger partial charge is 0.478 e. The highest BCUT2D eigenvalue weighted by Crippen LogP contribution is 2.31. The van der Waals surface area contributed by atoms with Crippen LogP contribution in [0.5, 0.6) is 0 Å². The molecule has 20 heavy (non-hydrogen) atoms. The average molecular weight is 276 g/mol. The van der Waals surface area contributed by atoms with Gasteiger partial charge in [-0.15, -0.1) is 0 Å². The van der Waals surface area contributed by atoms with E-state index in [0.29, 0.717) is 13.0 Å². The molecule has 0 aliphatic heterocycles. The predicted molar refractivity (Wildman–Crippen MR) is 75.8 cm³/mol. The van der Waals surface area contributed by atoms with Crippen LogP contribution in [0.2, 0.25) is 0 Å². The van der Waals surface area contributed by atoms with Crippen molar-refractivity contribution in [1.29, 1.82) is 0 Å². The van der Waals surface area contributed by atoms with Crippen LogP contribution in [-0.2, 0) is 6.42 Å². The van der Waals surface area contributed by atoms with Crippen molar-refractivity contribution in [2.45, 2.75) is 25.7 Å². The summed E-state index contributed by atoms with van der Waals surface area (Å²) in [7, 11) is 0. The molecule has 5 heteroatoms. The van der Waals surface area contributed by atoms with Crippen LogP contribution in [0.3, 0.4) is 0 Å². The first-order chi connectivity index (χ1) is 9.65. The number of amides is 2. The summed E-state index contributed by atoms with van der Waals surface area (Å²) in [5.74, 6) is -0.104. The number of carboxylic acid groups (broad SMARTS) is 1. The van der Waals surface area contributed by atoms with E-state index in [2.05, 4.69) is 10.6 Å². The topological polar surface area (TPSA) is 78.4 Å². The fraction of sp³-hybridized carbons (Fsp3) is 0.467. The lowest BCUT2D eigenvalue weighted by Crippen LogP contribution is -2.37. The first-order valence-electron chi connectivity index (χ1n) is 6.99. The Hall–Kier alpha value is -2.04. The van der Waals surface area contributed by atoms with Gasteiger partial charge in [-0.1, -0.05) is 25.0 Å². The van der Waals surface area contributed by atoms with Crippen molar-refractivity contribution in [3.05, 3.63) is 35.4 Å². The fourth-order valence-corrected chi connectivity index (χ4v) is 1.99. The molecule has 0 bridgehead atoms. The van der Waals surface area contributed by atoms with Crippen LogP contribution >= 0.6 is 0 Å². The monoisotopic (exact) mass is 276 g/mol. The minimum Gasteiger partial charge on any atom is -0.478 e. The maximum atomic E-state index is 11.5. The van der Waals surface area contributed by atoms with E-state index in [-0.39, 0.29) is 11.6 Å². The van der Waals surface area contributed by atoms with Crippen LogP contribution in [0.1, 0.15) is 35.2 Å². The molecule has 0 heterocycles. The van der Waals surface area contributed by atoms with Gasteiger partial charge in [-0.2, -0.15) is 0 Å². The molecule has 1 aliphatic carbocycles. The summed E-state index contributed by atoms with van der Waals surface area (Å²) < 4.78 is 0. The van der Waals surface area contributed by atoms with Crippen LogP contribution < -0.4 is 10.6 Å². The van der Waals surface area contributed by atoms with Gasteiger partial charge < -0.3 is 15.7 Å². The summed E-state index contributed by atoms with van der Waals surface area (Å²) >= 11 is 0. The first-order valence-corrected chi connectivity index (χ1v) is 6.99. The summed E-state index contributed by atoms with van der Waals surface area (Å²) in [5, 5.41) is 14.4. The van der Waals surface area contributed by atoms with E-state index in [1.165, 1.54) is 12.8 Å². The molecular weight excluding hydrogens is 256 g/mol. The molecule has 5 nitrogen and oxygen atoms in total. The minimum absolute atomic E-state index is 0.132. The van der Waals surface area contributed by atoms with Gasteiger partial charge in [-0.3, -0.25) is 0 Å². The third-order valence-corrected chi connectivity index (χ3v) is 3.44. The predicted octanol–water partition coefficient (Wildman–Crippen LogP) is 2.03. The molecule has 2 amide bonds. The number of hydrogen-bond donors (Lipinski definition) is 3. The Morgan fingerprint density at radius 2 is 1.75 bits per heavy atom. The molecule has 1 aromatic carbocycles. The lowest BCUT2D eigenvalue weighted by atomic mass is 10.1. The van der Waals surface area contributed by atoms with E-state index in [1.54, 1.807) is 24.3 Å². The van der Waals surface area contributed by atoms with Crippen LogP contribution in [-0.4, -0.2) is 30.2 Å². The lowest BCUT2D eigenvalue weighted by molar-refractivity contribution is 0.0697. The SMILES string of the molecule is O=C(NCCc1ccc(C(=O)O)cc1)NCCC1CC1. The molecule has 0 spiro atoms. The van der Waals surface area contributed by atoms with E-state index in [0.717, 1.165) is 24.4 Å². The summed E-state index contributed by atoms with van der Waals surface area (Å²) in [4.78, 5) is 22.2. The quantitative estimate of drug-likeness (QED) is 0.713. The maximum absolute atomic E-state index is 11.5. The van der Waals surface area contributed by atoms with E-state index < -0.39 is 5.97 Å². The Labute approximate surface area is 118 Å². The van der Waals surface area contributed by atoms with Gasteiger partial charge in [-0.25, -0.2) is 9.59 Å². The van der Waals surface area contributed by atoms with Crippen LogP contribution in [0, 0.1) is 5.92 Å². The normalized spacial score (nSPS) is 13.8. The van der Waals surface area contributed by atoms with Crippen molar-refractivity contribution in [3.8, 4) is 0 Å². The van der Waals surface area contributed by atoms with Gasteiger partial charge in [-0.05, 0) is 36.5 Å². The van der Waals surface area contributed by atoms with Crippen LogP contribution in [0.15, 0.2) is 24.3 Å². The molecule has 0 unspecified atom stereocenters. The van der Waals surface area contributed by atoms with Crippen molar-refractivity contribution < 1.29 is 14.7 Å². The number of hydrogen-bond acceptors (Lipinski definition) is 2. The van der Waals surface area contributed by atoms with Gasteiger partial charge in [0.1, 0.15) is 0 Å². The number of rotatable bonds is 7. The van der Waals surface area contributed by atoms with Gasteiger partial charge in [0.05, 0.1) is 5.56 Å². The number of benzene rings is 1. The molecule has 1 aliphatic rings. The number of urea groups is 1. The second-order valence-corrected chi connectivity index (χ2v) is 5.17. The van der Waals surface area contributed by atoms with E-state index in [4.69, 9.17) is 5.11 Å². The summed E-state index contributed by atoms with van der Waals surface area (Å²) in [6, 6.07) is 6.57. The highest BCUT2D eigenvalue weighted by molar-refractivity contribution is 5.87. The van der Waals surface area contributed by atoms with Gasteiger partial charge in [0, 0.05) is 13.1 Å².